The van der Waals surface area contributed by atoms with Gasteiger partial charge in [-0.3, -0.25) is 0 Å². The molecule has 0 spiro atoms. The van der Waals surface area contributed by atoms with Gasteiger partial charge in [0.15, 0.2) is 0 Å². The van der Waals surface area contributed by atoms with E-state index in [1.54, 1.807) is 36.2 Å². The number of nitrogen functional groups attached to an aromatic ring is 1. The van der Waals surface area contributed by atoms with E-state index >= 15 is 0 Å². The number of hydrogen-bond donors (Lipinski definition) is 1. The highest BCUT2D eigenvalue weighted by molar-refractivity contribution is 7.99. The molecule has 2 N–H and O–H groups in total. The van der Waals surface area contributed by atoms with Crippen LogP contribution in [0.4, 0.5) is 5.69 Å². The number of benzene rings is 1. The molecule has 0 unspecified atom stereocenters. The van der Waals surface area contributed by atoms with Gasteiger partial charge in [-0.05, 0) is 30.3 Å². The number of nitrogens with zero attached hydrogens (tertiary/aromatic N) is 1. The Morgan fingerprint density at radius 2 is 2.11 bits per heavy atom. The minimum atomic E-state index is 0.509. The maximum Gasteiger partial charge on any atom is 0.138 e. The zero-order valence-corrected chi connectivity index (χ0v) is 12.3. The Bertz CT molecular complexity index is 566. The summed E-state index contributed by atoms with van der Waals surface area (Å²) in [5.41, 5.74) is 6.47. The normalized spacial score (nSPS) is 10.4. The third-order valence-corrected chi connectivity index (χ3v) is 3.79. The molecule has 0 saturated carbocycles. The summed E-state index contributed by atoms with van der Waals surface area (Å²) in [7, 11) is 0. The first kappa shape index (κ1) is 14.3. The molecule has 2 aromatic rings. The summed E-state index contributed by atoms with van der Waals surface area (Å²) in [6.45, 7) is 0.516. The van der Waals surface area contributed by atoms with E-state index in [9.17, 15) is 0 Å². The van der Waals surface area contributed by atoms with E-state index in [4.69, 9.17) is 33.7 Å². The predicted molar refractivity (Wildman–Crippen MR) is 81.3 cm³/mol. The first-order valence-corrected chi connectivity index (χ1v) is 7.32. The molecule has 1 heterocycles. The van der Waals surface area contributed by atoms with E-state index in [0.717, 1.165) is 10.8 Å². The molecule has 0 amide bonds. The molecule has 19 heavy (non-hydrogen) atoms. The lowest BCUT2D eigenvalue weighted by Crippen LogP contribution is -2.01. The lowest BCUT2D eigenvalue weighted by Gasteiger charge is -2.08. The van der Waals surface area contributed by atoms with E-state index < -0.39 is 0 Å². The lowest BCUT2D eigenvalue weighted by molar-refractivity contribution is 0.344. The van der Waals surface area contributed by atoms with E-state index in [1.807, 2.05) is 12.1 Å². The second-order valence-corrected chi connectivity index (χ2v) is 5.60. The fourth-order valence-corrected chi connectivity index (χ4v) is 2.60. The van der Waals surface area contributed by atoms with Crippen molar-refractivity contribution < 1.29 is 4.74 Å². The minimum absolute atomic E-state index is 0.509. The van der Waals surface area contributed by atoms with Gasteiger partial charge in [0.2, 0.25) is 0 Å². The number of anilines is 1. The molecular weight excluding hydrogens is 303 g/mol. The van der Waals surface area contributed by atoms with E-state index in [0.29, 0.717) is 28.1 Å². The molecule has 0 aliphatic rings. The highest BCUT2D eigenvalue weighted by Crippen LogP contribution is 2.28. The monoisotopic (exact) mass is 314 g/mol. The molecule has 0 fully saturated rings. The molecule has 100 valence electrons. The summed E-state index contributed by atoms with van der Waals surface area (Å²) in [6, 6.07) is 8.79. The molecule has 3 nitrogen and oxygen atoms in total. The third-order valence-electron chi connectivity index (χ3n) is 2.27. The zero-order chi connectivity index (χ0) is 13.7. The van der Waals surface area contributed by atoms with Gasteiger partial charge in [0, 0.05) is 17.0 Å². The average Bonchev–Trinajstić information content (AvgIpc) is 2.38. The Morgan fingerprint density at radius 1 is 1.26 bits per heavy atom. The van der Waals surface area contributed by atoms with Gasteiger partial charge in [-0.15, -0.1) is 11.8 Å². The van der Waals surface area contributed by atoms with E-state index in [1.165, 1.54) is 0 Å². The lowest BCUT2D eigenvalue weighted by atomic mass is 10.3. The molecule has 2 rings (SSSR count). The van der Waals surface area contributed by atoms with Crippen molar-refractivity contribution >= 4 is 40.7 Å². The molecule has 0 radical (unpaired) electrons. The van der Waals surface area contributed by atoms with Crippen LogP contribution < -0.4 is 10.5 Å². The van der Waals surface area contributed by atoms with Crippen LogP contribution >= 0.6 is 35.0 Å². The Kier molecular flexibility index (Phi) is 5.19. The standard InChI is InChI=1S/C13H12Cl2N2OS/c14-9-3-4-12(10(15)8-9)18-6-7-19-13-11(16)2-1-5-17-13/h1-5,8H,6-7,16H2. The van der Waals surface area contributed by atoms with Crippen LogP contribution in [-0.4, -0.2) is 17.3 Å². The summed E-state index contributed by atoms with van der Waals surface area (Å²) >= 11 is 13.4. The molecule has 1 aromatic carbocycles. The van der Waals surface area contributed by atoms with Crippen molar-refractivity contribution in [3.63, 3.8) is 0 Å². The van der Waals surface area contributed by atoms with E-state index in [2.05, 4.69) is 4.98 Å². The molecule has 0 atom stereocenters. The van der Waals surface area contributed by atoms with Gasteiger partial charge in [-0.1, -0.05) is 23.2 Å². The quantitative estimate of drug-likeness (QED) is 0.665. The van der Waals surface area contributed by atoms with Gasteiger partial charge < -0.3 is 10.5 Å². The number of nitrogens with two attached hydrogens (primary N) is 1. The second-order valence-electron chi connectivity index (χ2n) is 3.67. The van der Waals surface area contributed by atoms with Crippen molar-refractivity contribution in [2.24, 2.45) is 0 Å². The van der Waals surface area contributed by atoms with Crippen LogP contribution in [0.2, 0.25) is 10.0 Å². The first-order valence-electron chi connectivity index (χ1n) is 5.58. The molecule has 0 bridgehead atoms. The van der Waals surface area contributed by atoms with E-state index in [-0.39, 0.29) is 0 Å². The number of halogens is 2. The van der Waals surface area contributed by atoms with Gasteiger partial charge in [-0.2, -0.15) is 0 Å². The number of aromatic nitrogens is 1. The van der Waals surface area contributed by atoms with Crippen LogP contribution in [0.25, 0.3) is 0 Å². The molecular formula is C13H12Cl2N2OS. The van der Waals surface area contributed by atoms with Gasteiger partial charge in [0.25, 0.3) is 0 Å². The maximum absolute atomic E-state index is 6.00. The van der Waals surface area contributed by atoms with Crippen LogP contribution in [-0.2, 0) is 0 Å². The van der Waals surface area contributed by atoms with Crippen molar-refractivity contribution in [3.05, 3.63) is 46.6 Å². The summed E-state index contributed by atoms with van der Waals surface area (Å²) in [5, 5.41) is 1.91. The second kappa shape index (κ2) is 6.89. The molecule has 0 aliphatic carbocycles. The van der Waals surface area contributed by atoms with Crippen LogP contribution in [0.5, 0.6) is 5.75 Å². The number of pyridine rings is 1. The van der Waals surface area contributed by atoms with Crippen LogP contribution in [0.3, 0.4) is 0 Å². The Balaban J connectivity index is 1.83. The highest BCUT2D eigenvalue weighted by Gasteiger charge is 2.03. The Labute approximate surface area is 126 Å². The number of hydrogen-bond acceptors (Lipinski definition) is 4. The topological polar surface area (TPSA) is 48.1 Å². The summed E-state index contributed by atoms with van der Waals surface area (Å²) in [6.07, 6.45) is 1.72. The summed E-state index contributed by atoms with van der Waals surface area (Å²) < 4.78 is 5.57. The Morgan fingerprint density at radius 3 is 2.84 bits per heavy atom. The van der Waals surface area contributed by atoms with Crippen LogP contribution in [0.1, 0.15) is 0 Å². The van der Waals surface area contributed by atoms with Crippen molar-refractivity contribution in [2.45, 2.75) is 5.03 Å². The van der Waals surface area contributed by atoms with Crippen molar-refractivity contribution in [2.75, 3.05) is 18.1 Å². The van der Waals surface area contributed by atoms with Gasteiger partial charge in [0.1, 0.15) is 10.8 Å². The first-order chi connectivity index (χ1) is 9.16. The smallest absolute Gasteiger partial charge is 0.138 e. The van der Waals surface area contributed by atoms with Crippen molar-refractivity contribution in [1.29, 1.82) is 0 Å². The summed E-state index contributed by atoms with van der Waals surface area (Å²) in [5.74, 6) is 1.36. The maximum atomic E-state index is 6.00. The Hall–Kier alpha value is -1.10. The molecule has 0 saturated heterocycles. The van der Waals surface area contributed by atoms with Crippen LogP contribution in [0.15, 0.2) is 41.6 Å². The number of ether oxygens (including phenoxy) is 1. The largest absolute Gasteiger partial charge is 0.491 e. The molecule has 1 aromatic heterocycles. The minimum Gasteiger partial charge on any atom is -0.491 e. The predicted octanol–water partition coefficient (Wildman–Crippen LogP) is 4.14. The SMILES string of the molecule is Nc1cccnc1SCCOc1ccc(Cl)cc1Cl. The van der Waals surface area contributed by atoms with Crippen molar-refractivity contribution in [3.8, 4) is 5.75 Å². The third kappa shape index (κ3) is 4.20. The van der Waals surface area contributed by atoms with Crippen LogP contribution in [0, 0.1) is 0 Å². The van der Waals surface area contributed by atoms with Gasteiger partial charge in [-0.25, -0.2) is 4.98 Å². The fourth-order valence-electron chi connectivity index (χ4n) is 1.41. The van der Waals surface area contributed by atoms with Crippen molar-refractivity contribution in [1.82, 2.24) is 4.98 Å². The fraction of sp³-hybridized carbons (Fsp3) is 0.154. The number of thioether (sulfide) groups is 1. The average molecular weight is 315 g/mol. The highest BCUT2D eigenvalue weighted by atomic mass is 35.5. The van der Waals surface area contributed by atoms with Gasteiger partial charge in [0.05, 0.1) is 17.3 Å². The number of rotatable bonds is 5. The molecule has 0 aliphatic heterocycles. The summed E-state index contributed by atoms with van der Waals surface area (Å²) in [4.78, 5) is 4.19. The van der Waals surface area contributed by atoms with Gasteiger partial charge >= 0.3 is 0 Å². The molecule has 6 heteroatoms. The zero-order valence-electron chi connectivity index (χ0n) is 9.98.